The third-order valence-corrected chi connectivity index (χ3v) is 4.64. The zero-order valence-corrected chi connectivity index (χ0v) is 14.6. The van der Waals surface area contributed by atoms with Crippen LogP contribution in [0.25, 0.3) is 0 Å². The van der Waals surface area contributed by atoms with E-state index in [0.717, 1.165) is 10.4 Å². The van der Waals surface area contributed by atoms with Crippen LogP contribution >= 0.6 is 11.3 Å². The van der Waals surface area contributed by atoms with Gasteiger partial charge < -0.3 is 9.64 Å². The number of aryl methyl sites for hydroxylation is 1. The zero-order valence-electron chi connectivity index (χ0n) is 13.8. The Morgan fingerprint density at radius 1 is 1.08 bits per heavy atom. The molecule has 0 aliphatic carbocycles. The first-order valence-corrected chi connectivity index (χ1v) is 8.78. The van der Waals surface area contributed by atoms with Crippen molar-refractivity contribution in [3.05, 3.63) is 82.3 Å². The van der Waals surface area contributed by atoms with Gasteiger partial charge in [0.1, 0.15) is 11.6 Å². The molecule has 1 aromatic heterocycles. The maximum atomic E-state index is 13.2. The number of anilines is 1. The molecule has 2 aromatic carbocycles. The van der Waals surface area contributed by atoms with Gasteiger partial charge in [-0.1, -0.05) is 24.3 Å². The largest absolute Gasteiger partial charge is 0.483 e. The predicted octanol–water partition coefficient (Wildman–Crippen LogP) is 4.81. The second-order valence-corrected chi connectivity index (χ2v) is 6.62. The SMILES string of the molecule is Cc1ccccc1OCC(=O)N(Cc1cccs1)c1ccc(F)cc1. The van der Waals surface area contributed by atoms with Crippen molar-refractivity contribution in [2.75, 3.05) is 11.5 Å². The number of thiophene rings is 1. The molecule has 0 fully saturated rings. The van der Waals surface area contributed by atoms with Crippen molar-refractivity contribution < 1.29 is 13.9 Å². The summed E-state index contributed by atoms with van der Waals surface area (Å²) >= 11 is 1.57. The van der Waals surface area contributed by atoms with Crippen LogP contribution in [0.1, 0.15) is 10.4 Å². The fourth-order valence-electron chi connectivity index (χ4n) is 2.44. The van der Waals surface area contributed by atoms with Gasteiger partial charge in [0.25, 0.3) is 5.91 Å². The Labute approximate surface area is 150 Å². The summed E-state index contributed by atoms with van der Waals surface area (Å²) in [7, 11) is 0. The van der Waals surface area contributed by atoms with Gasteiger partial charge >= 0.3 is 0 Å². The highest BCUT2D eigenvalue weighted by Gasteiger charge is 2.18. The molecule has 0 bridgehead atoms. The molecule has 3 nitrogen and oxygen atoms in total. The van der Waals surface area contributed by atoms with Crippen LogP contribution in [-0.2, 0) is 11.3 Å². The predicted molar refractivity (Wildman–Crippen MR) is 98.6 cm³/mol. The maximum Gasteiger partial charge on any atom is 0.265 e. The number of carbonyl (C=O) groups excluding carboxylic acids is 1. The number of ether oxygens (including phenoxy) is 1. The Bertz CT molecular complexity index is 831. The van der Waals surface area contributed by atoms with Gasteiger partial charge in [0.2, 0.25) is 0 Å². The van der Waals surface area contributed by atoms with Crippen LogP contribution in [0.5, 0.6) is 5.75 Å². The van der Waals surface area contributed by atoms with Crippen LogP contribution < -0.4 is 9.64 Å². The van der Waals surface area contributed by atoms with Crippen molar-refractivity contribution >= 4 is 22.9 Å². The summed E-state index contributed by atoms with van der Waals surface area (Å²) in [5, 5.41) is 1.96. The smallest absolute Gasteiger partial charge is 0.265 e. The summed E-state index contributed by atoms with van der Waals surface area (Å²) in [6, 6.07) is 17.4. The van der Waals surface area contributed by atoms with Crippen molar-refractivity contribution in [1.82, 2.24) is 0 Å². The number of halogens is 1. The Hall–Kier alpha value is -2.66. The summed E-state index contributed by atoms with van der Waals surface area (Å²) in [5.74, 6) is 0.178. The molecule has 0 spiro atoms. The molecule has 1 amide bonds. The molecule has 5 heteroatoms. The molecule has 0 N–H and O–H groups in total. The van der Waals surface area contributed by atoms with Gasteiger partial charge in [-0.25, -0.2) is 4.39 Å². The van der Waals surface area contributed by atoms with Gasteiger partial charge in [0.15, 0.2) is 6.61 Å². The average molecular weight is 355 g/mol. The lowest BCUT2D eigenvalue weighted by Crippen LogP contribution is -2.34. The van der Waals surface area contributed by atoms with Crippen molar-refractivity contribution in [2.24, 2.45) is 0 Å². The molecule has 128 valence electrons. The topological polar surface area (TPSA) is 29.5 Å². The molecule has 3 aromatic rings. The Kier molecular flexibility index (Phi) is 5.46. The van der Waals surface area contributed by atoms with Crippen molar-refractivity contribution in [3.8, 4) is 5.75 Å². The molecule has 0 saturated heterocycles. The molecule has 0 saturated carbocycles. The van der Waals surface area contributed by atoms with Crippen LogP contribution in [-0.4, -0.2) is 12.5 Å². The number of amides is 1. The number of rotatable bonds is 6. The molecule has 3 rings (SSSR count). The summed E-state index contributed by atoms with van der Waals surface area (Å²) in [5.41, 5.74) is 1.62. The summed E-state index contributed by atoms with van der Waals surface area (Å²) in [4.78, 5) is 15.4. The molecule has 0 atom stereocenters. The standard InChI is InChI=1S/C20H18FNO2S/c1-15-5-2-3-7-19(15)24-14-20(23)22(13-18-6-4-12-25-18)17-10-8-16(21)9-11-17/h2-12H,13-14H2,1H3. The van der Waals surface area contributed by atoms with E-state index >= 15 is 0 Å². The molecular weight excluding hydrogens is 337 g/mol. The van der Waals surface area contributed by atoms with Gasteiger partial charge in [-0.2, -0.15) is 0 Å². The van der Waals surface area contributed by atoms with E-state index < -0.39 is 0 Å². The van der Waals surface area contributed by atoms with E-state index in [1.807, 2.05) is 48.7 Å². The number of para-hydroxylation sites is 1. The van der Waals surface area contributed by atoms with E-state index in [-0.39, 0.29) is 18.3 Å². The number of benzene rings is 2. The number of carbonyl (C=O) groups is 1. The first-order valence-electron chi connectivity index (χ1n) is 7.90. The van der Waals surface area contributed by atoms with Crippen molar-refractivity contribution in [1.29, 1.82) is 0 Å². The van der Waals surface area contributed by atoms with Crippen molar-refractivity contribution in [2.45, 2.75) is 13.5 Å². The minimum atomic E-state index is -0.330. The zero-order chi connectivity index (χ0) is 17.6. The van der Waals surface area contributed by atoms with E-state index in [4.69, 9.17) is 4.74 Å². The lowest BCUT2D eigenvalue weighted by atomic mass is 10.2. The number of hydrogen-bond donors (Lipinski definition) is 0. The highest BCUT2D eigenvalue weighted by Crippen LogP contribution is 2.21. The first kappa shape index (κ1) is 17.2. The fourth-order valence-corrected chi connectivity index (χ4v) is 3.13. The second kappa shape index (κ2) is 7.94. The average Bonchev–Trinajstić information content (AvgIpc) is 3.13. The van der Waals surface area contributed by atoms with Crippen LogP contribution in [0.2, 0.25) is 0 Å². The Morgan fingerprint density at radius 3 is 2.52 bits per heavy atom. The van der Waals surface area contributed by atoms with Crippen molar-refractivity contribution in [3.63, 3.8) is 0 Å². The molecular formula is C20H18FNO2S. The molecule has 0 aliphatic heterocycles. The highest BCUT2D eigenvalue weighted by atomic mass is 32.1. The summed E-state index contributed by atoms with van der Waals surface area (Å²) < 4.78 is 18.9. The van der Waals surface area contributed by atoms with Gasteiger partial charge in [-0.15, -0.1) is 11.3 Å². The normalized spacial score (nSPS) is 10.5. The van der Waals surface area contributed by atoms with E-state index in [1.165, 1.54) is 12.1 Å². The summed E-state index contributed by atoms with van der Waals surface area (Å²) in [6.07, 6.45) is 0. The Balaban J connectivity index is 1.77. The minimum Gasteiger partial charge on any atom is -0.483 e. The molecule has 0 radical (unpaired) electrons. The van der Waals surface area contributed by atoms with Gasteiger partial charge in [0, 0.05) is 10.6 Å². The van der Waals surface area contributed by atoms with Gasteiger partial charge in [-0.05, 0) is 54.3 Å². The number of hydrogen-bond acceptors (Lipinski definition) is 3. The monoisotopic (exact) mass is 355 g/mol. The van der Waals surface area contributed by atoms with E-state index in [0.29, 0.717) is 18.0 Å². The Morgan fingerprint density at radius 2 is 1.84 bits per heavy atom. The minimum absolute atomic E-state index is 0.0758. The van der Waals surface area contributed by atoms with Crippen LogP contribution in [0.4, 0.5) is 10.1 Å². The van der Waals surface area contributed by atoms with Gasteiger partial charge in [-0.3, -0.25) is 4.79 Å². The van der Waals surface area contributed by atoms with Crippen LogP contribution in [0.15, 0.2) is 66.0 Å². The molecule has 0 aliphatic rings. The third-order valence-electron chi connectivity index (χ3n) is 3.78. The fraction of sp³-hybridized carbons (Fsp3) is 0.150. The molecule has 25 heavy (non-hydrogen) atoms. The van der Waals surface area contributed by atoms with Gasteiger partial charge in [0.05, 0.1) is 6.54 Å². The third kappa shape index (κ3) is 4.45. The van der Waals surface area contributed by atoms with Crippen LogP contribution in [0.3, 0.4) is 0 Å². The van der Waals surface area contributed by atoms with E-state index in [1.54, 1.807) is 28.4 Å². The molecule has 0 unspecified atom stereocenters. The lowest BCUT2D eigenvalue weighted by molar-refractivity contribution is -0.120. The maximum absolute atomic E-state index is 13.2. The van der Waals surface area contributed by atoms with E-state index in [9.17, 15) is 9.18 Å². The molecule has 1 heterocycles. The lowest BCUT2D eigenvalue weighted by Gasteiger charge is -2.22. The highest BCUT2D eigenvalue weighted by molar-refractivity contribution is 7.09. The van der Waals surface area contributed by atoms with E-state index in [2.05, 4.69) is 0 Å². The van der Waals surface area contributed by atoms with Crippen LogP contribution in [0, 0.1) is 12.7 Å². The quantitative estimate of drug-likeness (QED) is 0.635. The summed E-state index contributed by atoms with van der Waals surface area (Å²) in [6.45, 7) is 2.29. The first-order chi connectivity index (χ1) is 12.1. The second-order valence-electron chi connectivity index (χ2n) is 5.59. The number of nitrogens with zero attached hydrogens (tertiary/aromatic N) is 1.